The molecule has 0 unspecified atom stereocenters. The molecule has 0 spiro atoms. The SMILES string of the molecule is CCOC(=O)CCNC(=O)CCCOc1ccc(C)cc1. The van der Waals surface area contributed by atoms with Gasteiger partial charge >= 0.3 is 5.97 Å². The summed E-state index contributed by atoms with van der Waals surface area (Å²) in [7, 11) is 0. The Bertz CT molecular complexity index is 442. The average molecular weight is 293 g/mol. The molecule has 0 aliphatic rings. The molecule has 1 aromatic carbocycles. The van der Waals surface area contributed by atoms with Gasteiger partial charge in [-0.15, -0.1) is 0 Å². The molecule has 0 fully saturated rings. The Morgan fingerprint density at radius 2 is 1.86 bits per heavy atom. The monoisotopic (exact) mass is 293 g/mol. The van der Waals surface area contributed by atoms with E-state index in [2.05, 4.69) is 5.32 Å². The zero-order valence-electron chi connectivity index (χ0n) is 12.7. The van der Waals surface area contributed by atoms with E-state index in [-0.39, 0.29) is 18.3 Å². The molecule has 1 aromatic rings. The highest BCUT2D eigenvalue weighted by atomic mass is 16.5. The van der Waals surface area contributed by atoms with Gasteiger partial charge in [0.25, 0.3) is 0 Å². The average Bonchev–Trinajstić information content (AvgIpc) is 2.46. The van der Waals surface area contributed by atoms with Crippen molar-refractivity contribution in [2.24, 2.45) is 0 Å². The summed E-state index contributed by atoms with van der Waals surface area (Å²) in [5.41, 5.74) is 1.18. The van der Waals surface area contributed by atoms with E-state index >= 15 is 0 Å². The van der Waals surface area contributed by atoms with Gasteiger partial charge in [0.05, 0.1) is 19.6 Å². The first kappa shape index (κ1) is 17.0. The van der Waals surface area contributed by atoms with Gasteiger partial charge in [-0.1, -0.05) is 17.7 Å². The van der Waals surface area contributed by atoms with E-state index in [9.17, 15) is 9.59 Å². The Morgan fingerprint density at radius 1 is 1.14 bits per heavy atom. The quantitative estimate of drug-likeness (QED) is 0.560. The van der Waals surface area contributed by atoms with Crippen molar-refractivity contribution in [3.05, 3.63) is 29.8 Å². The zero-order valence-corrected chi connectivity index (χ0v) is 12.7. The molecule has 0 atom stereocenters. The van der Waals surface area contributed by atoms with Crippen molar-refractivity contribution in [1.82, 2.24) is 5.32 Å². The van der Waals surface area contributed by atoms with E-state index in [1.807, 2.05) is 31.2 Å². The number of rotatable bonds is 9. The number of amides is 1. The van der Waals surface area contributed by atoms with E-state index in [0.29, 0.717) is 32.6 Å². The van der Waals surface area contributed by atoms with Gasteiger partial charge in [0.1, 0.15) is 5.75 Å². The Labute approximate surface area is 125 Å². The first-order chi connectivity index (χ1) is 10.1. The number of hydrogen-bond donors (Lipinski definition) is 1. The number of nitrogens with one attached hydrogen (secondary N) is 1. The Morgan fingerprint density at radius 3 is 2.52 bits per heavy atom. The molecule has 0 saturated heterocycles. The van der Waals surface area contributed by atoms with Crippen LogP contribution in [0.2, 0.25) is 0 Å². The predicted octanol–water partition coefficient (Wildman–Crippen LogP) is 2.22. The lowest BCUT2D eigenvalue weighted by atomic mass is 10.2. The van der Waals surface area contributed by atoms with E-state index < -0.39 is 0 Å². The van der Waals surface area contributed by atoms with Crippen LogP contribution in [0.1, 0.15) is 31.7 Å². The molecule has 1 N–H and O–H groups in total. The van der Waals surface area contributed by atoms with Crippen molar-refractivity contribution in [3.8, 4) is 5.75 Å². The maximum absolute atomic E-state index is 11.5. The molecule has 0 bridgehead atoms. The first-order valence-electron chi connectivity index (χ1n) is 7.23. The normalized spacial score (nSPS) is 10.0. The molecule has 5 heteroatoms. The van der Waals surface area contributed by atoms with E-state index in [1.54, 1.807) is 6.92 Å². The van der Waals surface area contributed by atoms with Crippen LogP contribution in [-0.2, 0) is 14.3 Å². The molecular weight excluding hydrogens is 270 g/mol. The summed E-state index contributed by atoms with van der Waals surface area (Å²) in [4.78, 5) is 22.6. The molecule has 1 amide bonds. The summed E-state index contributed by atoms with van der Waals surface area (Å²) in [5.74, 6) is 0.440. The van der Waals surface area contributed by atoms with Gasteiger partial charge in [-0.3, -0.25) is 9.59 Å². The minimum Gasteiger partial charge on any atom is -0.494 e. The second kappa shape index (κ2) is 9.80. The number of carbonyl (C=O) groups is 2. The van der Waals surface area contributed by atoms with Gasteiger partial charge in [0.15, 0.2) is 0 Å². The van der Waals surface area contributed by atoms with E-state index in [0.717, 1.165) is 5.75 Å². The first-order valence-corrected chi connectivity index (χ1v) is 7.23. The van der Waals surface area contributed by atoms with Gasteiger partial charge in [0.2, 0.25) is 5.91 Å². The molecule has 21 heavy (non-hydrogen) atoms. The topological polar surface area (TPSA) is 64.6 Å². The van der Waals surface area contributed by atoms with Crippen molar-refractivity contribution >= 4 is 11.9 Å². The van der Waals surface area contributed by atoms with Crippen molar-refractivity contribution in [2.75, 3.05) is 19.8 Å². The summed E-state index contributed by atoms with van der Waals surface area (Å²) in [6.07, 6.45) is 1.23. The van der Waals surface area contributed by atoms with Crippen LogP contribution in [0, 0.1) is 6.92 Å². The molecule has 1 rings (SSSR count). The highest BCUT2D eigenvalue weighted by Crippen LogP contribution is 2.11. The van der Waals surface area contributed by atoms with Crippen molar-refractivity contribution in [2.45, 2.75) is 33.1 Å². The number of benzene rings is 1. The van der Waals surface area contributed by atoms with Crippen LogP contribution in [0.25, 0.3) is 0 Å². The van der Waals surface area contributed by atoms with Gasteiger partial charge < -0.3 is 14.8 Å². The Kier molecular flexibility index (Phi) is 7.94. The van der Waals surface area contributed by atoms with Crippen molar-refractivity contribution in [3.63, 3.8) is 0 Å². The van der Waals surface area contributed by atoms with Crippen LogP contribution >= 0.6 is 0 Å². The third kappa shape index (κ3) is 7.97. The number of ether oxygens (including phenoxy) is 2. The lowest BCUT2D eigenvalue weighted by Gasteiger charge is -2.07. The van der Waals surface area contributed by atoms with E-state index in [1.165, 1.54) is 5.56 Å². The molecule has 0 saturated carbocycles. The highest BCUT2D eigenvalue weighted by Gasteiger charge is 2.04. The van der Waals surface area contributed by atoms with Gasteiger partial charge in [-0.05, 0) is 32.4 Å². The van der Waals surface area contributed by atoms with Crippen LogP contribution in [0.4, 0.5) is 0 Å². The van der Waals surface area contributed by atoms with Crippen molar-refractivity contribution in [1.29, 1.82) is 0 Å². The fourth-order valence-corrected chi connectivity index (χ4v) is 1.68. The van der Waals surface area contributed by atoms with Crippen LogP contribution in [0.3, 0.4) is 0 Å². The standard InChI is InChI=1S/C16H23NO4/c1-3-20-16(19)10-11-17-15(18)5-4-12-21-14-8-6-13(2)7-9-14/h6-9H,3-5,10-12H2,1-2H3,(H,17,18). The summed E-state index contributed by atoms with van der Waals surface area (Å²) >= 11 is 0. The molecule has 0 aromatic heterocycles. The summed E-state index contributed by atoms with van der Waals surface area (Å²) < 4.78 is 10.3. The van der Waals surface area contributed by atoms with Gasteiger partial charge in [0, 0.05) is 13.0 Å². The fourth-order valence-electron chi connectivity index (χ4n) is 1.68. The summed E-state index contributed by atoms with van der Waals surface area (Å²) in [5, 5.41) is 2.68. The second-order valence-corrected chi connectivity index (χ2v) is 4.67. The lowest BCUT2D eigenvalue weighted by molar-refractivity contribution is -0.143. The predicted molar refractivity (Wildman–Crippen MR) is 80.2 cm³/mol. The molecule has 0 aliphatic carbocycles. The number of hydrogen-bond acceptors (Lipinski definition) is 4. The minimum absolute atomic E-state index is 0.0770. The third-order valence-electron chi connectivity index (χ3n) is 2.79. The minimum atomic E-state index is -0.291. The van der Waals surface area contributed by atoms with Crippen LogP contribution in [-0.4, -0.2) is 31.6 Å². The zero-order chi connectivity index (χ0) is 15.5. The van der Waals surface area contributed by atoms with Gasteiger partial charge in [-0.25, -0.2) is 0 Å². The smallest absolute Gasteiger partial charge is 0.307 e. The van der Waals surface area contributed by atoms with Gasteiger partial charge in [-0.2, -0.15) is 0 Å². The second-order valence-electron chi connectivity index (χ2n) is 4.67. The highest BCUT2D eigenvalue weighted by molar-refractivity contribution is 5.77. The molecule has 116 valence electrons. The molecular formula is C16H23NO4. The maximum atomic E-state index is 11.5. The number of carbonyl (C=O) groups excluding carboxylic acids is 2. The van der Waals surface area contributed by atoms with Crippen molar-refractivity contribution < 1.29 is 19.1 Å². The van der Waals surface area contributed by atoms with Crippen LogP contribution < -0.4 is 10.1 Å². The Balaban J connectivity index is 2.05. The van der Waals surface area contributed by atoms with E-state index in [4.69, 9.17) is 9.47 Å². The van der Waals surface area contributed by atoms with Crippen LogP contribution in [0.15, 0.2) is 24.3 Å². The summed E-state index contributed by atoms with van der Waals surface area (Å²) in [6, 6.07) is 7.79. The molecule has 5 nitrogen and oxygen atoms in total. The molecule has 0 radical (unpaired) electrons. The Hall–Kier alpha value is -2.04. The molecule has 0 aliphatic heterocycles. The largest absolute Gasteiger partial charge is 0.494 e. The number of aryl methyl sites for hydroxylation is 1. The maximum Gasteiger partial charge on any atom is 0.307 e. The fraction of sp³-hybridized carbons (Fsp3) is 0.500. The van der Waals surface area contributed by atoms with Crippen LogP contribution in [0.5, 0.6) is 5.75 Å². The number of esters is 1. The molecule has 0 heterocycles. The lowest BCUT2D eigenvalue weighted by Crippen LogP contribution is -2.26. The summed E-state index contributed by atoms with van der Waals surface area (Å²) in [6.45, 7) is 4.95. The third-order valence-corrected chi connectivity index (χ3v) is 2.79.